The maximum absolute atomic E-state index is 3.54. The van der Waals surface area contributed by atoms with Crippen molar-refractivity contribution >= 4 is 15.9 Å². The van der Waals surface area contributed by atoms with Crippen molar-refractivity contribution in [3.8, 4) is 0 Å². The Balaban J connectivity index is 2.82. The fraction of sp³-hybridized carbons (Fsp3) is 0.571. The molecule has 0 aliphatic rings. The van der Waals surface area contributed by atoms with Crippen LogP contribution in [0.2, 0.25) is 0 Å². The SMILES string of the molecule is CCC(C)CC(NC)c1ccc(Br)c(C)c1. The highest BCUT2D eigenvalue weighted by atomic mass is 79.9. The molecule has 0 saturated heterocycles. The molecule has 2 unspecified atom stereocenters. The predicted molar refractivity (Wildman–Crippen MR) is 74.8 cm³/mol. The summed E-state index contributed by atoms with van der Waals surface area (Å²) in [6, 6.07) is 7.10. The fourth-order valence-electron chi connectivity index (χ4n) is 1.87. The van der Waals surface area contributed by atoms with Gasteiger partial charge in [-0.15, -0.1) is 0 Å². The van der Waals surface area contributed by atoms with Gasteiger partial charge in [-0.05, 0) is 43.5 Å². The van der Waals surface area contributed by atoms with Crippen LogP contribution in [0.25, 0.3) is 0 Å². The molecule has 2 atom stereocenters. The Morgan fingerprint density at radius 2 is 2.06 bits per heavy atom. The van der Waals surface area contributed by atoms with Gasteiger partial charge in [0, 0.05) is 10.5 Å². The van der Waals surface area contributed by atoms with Crippen molar-refractivity contribution in [2.75, 3.05) is 7.05 Å². The summed E-state index contributed by atoms with van der Waals surface area (Å²) in [4.78, 5) is 0. The van der Waals surface area contributed by atoms with E-state index < -0.39 is 0 Å². The molecule has 0 aliphatic heterocycles. The zero-order valence-electron chi connectivity index (χ0n) is 10.7. The first kappa shape index (κ1) is 13.7. The molecule has 1 nitrogen and oxygen atoms in total. The Morgan fingerprint density at radius 1 is 1.38 bits per heavy atom. The molecule has 1 N–H and O–H groups in total. The lowest BCUT2D eigenvalue weighted by molar-refractivity contribution is 0.422. The van der Waals surface area contributed by atoms with Gasteiger partial charge in [0.25, 0.3) is 0 Å². The van der Waals surface area contributed by atoms with Crippen LogP contribution in [0.1, 0.15) is 43.9 Å². The van der Waals surface area contributed by atoms with Gasteiger partial charge >= 0.3 is 0 Å². The molecular weight excluding hydrogens is 262 g/mol. The molecule has 0 spiro atoms. The van der Waals surface area contributed by atoms with Crippen molar-refractivity contribution in [3.05, 3.63) is 33.8 Å². The highest BCUT2D eigenvalue weighted by Gasteiger charge is 2.13. The summed E-state index contributed by atoms with van der Waals surface area (Å²) in [6.07, 6.45) is 2.45. The van der Waals surface area contributed by atoms with Crippen molar-refractivity contribution in [2.45, 2.75) is 39.7 Å². The molecule has 1 aromatic carbocycles. The topological polar surface area (TPSA) is 12.0 Å². The maximum atomic E-state index is 3.54. The predicted octanol–water partition coefficient (Wildman–Crippen LogP) is 4.45. The van der Waals surface area contributed by atoms with Gasteiger partial charge in [0.2, 0.25) is 0 Å². The van der Waals surface area contributed by atoms with Crippen LogP contribution in [0, 0.1) is 12.8 Å². The second-order valence-electron chi connectivity index (χ2n) is 4.60. The molecule has 0 fully saturated rings. The van der Waals surface area contributed by atoms with E-state index in [0.717, 1.165) is 5.92 Å². The summed E-state index contributed by atoms with van der Waals surface area (Å²) < 4.78 is 1.19. The van der Waals surface area contributed by atoms with E-state index in [1.807, 2.05) is 7.05 Å². The minimum absolute atomic E-state index is 0.474. The van der Waals surface area contributed by atoms with Crippen molar-refractivity contribution in [1.29, 1.82) is 0 Å². The molecule has 0 aliphatic carbocycles. The number of rotatable bonds is 5. The molecule has 90 valence electrons. The summed E-state index contributed by atoms with van der Waals surface area (Å²) in [6.45, 7) is 6.71. The van der Waals surface area contributed by atoms with Gasteiger partial charge in [0.1, 0.15) is 0 Å². The molecule has 0 bridgehead atoms. The third-order valence-electron chi connectivity index (χ3n) is 3.27. The largest absolute Gasteiger partial charge is 0.313 e. The van der Waals surface area contributed by atoms with Crippen molar-refractivity contribution in [2.24, 2.45) is 5.92 Å². The summed E-state index contributed by atoms with van der Waals surface area (Å²) in [5.41, 5.74) is 2.70. The van der Waals surface area contributed by atoms with Crippen LogP contribution in [-0.4, -0.2) is 7.05 Å². The third kappa shape index (κ3) is 3.60. The number of nitrogens with one attached hydrogen (secondary N) is 1. The van der Waals surface area contributed by atoms with E-state index in [-0.39, 0.29) is 0 Å². The highest BCUT2D eigenvalue weighted by molar-refractivity contribution is 9.10. The van der Waals surface area contributed by atoms with Crippen LogP contribution in [-0.2, 0) is 0 Å². The van der Waals surface area contributed by atoms with E-state index in [2.05, 4.69) is 60.2 Å². The van der Waals surface area contributed by atoms with Crippen LogP contribution in [0.4, 0.5) is 0 Å². The van der Waals surface area contributed by atoms with E-state index >= 15 is 0 Å². The number of hydrogen-bond donors (Lipinski definition) is 1. The van der Waals surface area contributed by atoms with Gasteiger partial charge in [-0.1, -0.05) is 48.3 Å². The molecule has 0 saturated carbocycles. The highest BCUT2D eigenvalue weighted by Crippen LogP contribution is 2.26. The summed E-state index contributed by atoms with van der Waals surface area (Å²) in [7, 11) is 2.05. The minimum Gasteiger partial charge on any atom is -0.313 e. The average Bonchev–Trinajstić information content (AvgIpc) is 2.29. The molecule has 0 amide bonds. The van der Waals surface area contributed by atoms with Crippen molar-refractivity contribution < 1.29 is 0 Å². The van der Waals surface area contributed by atoms with E-state index in [9.17, 15) is 0 Å². The average molecular weight is 284 g/mol. The first-order chi connectivity index (χ1) is 7.58. The van der Waals surface area contributed by atoms with Crippen LogP contribution in [0.5, 0.6) is 0 Å². The Kier molecular flexibility index (Phi) is 5.50. The lowest BCUT2D eigenvalue weighted by Crippen LogP contribution is -2.19. The molecule has 1 aromatic rings. The smallest absolute Gasteiger partial charge is 0.0320 e. The lowest BCUT2D eigenvalue weighted by Gasteiger charge is -2.20. The molecule has 2 heteroatoms. The van der Waals surface area contributed by atoms with Crippen LogP contribution in [0.3, 0.4) is 0 Å². The Hall–Kier alpha value is -0.340. The quantitative estimate of drug-likeness (QED) is 0.842. The zero-order chi connectivity index (χ0) is 12.1. The summed E-state index contributed by atoms with van der Waals surface area (Å²) in [5.74, 6) is 0.765. The third-order valence-corrected chi connectivity index (χ3v) is 4.16. The van der Waals surface area contributed by atoms with Crippen LogP contribution in [0.15, 0.2) is 22.7 Å². The Labute approximate surface area is 108 Å². The van der Waals surface area contributed by atoms with E-state index in [1.165, 1.54) is 28.4 Å². The fourth-order valence-corrected chi connectivity index (χ4v) is 2.12. The first-order valence-electron chi connectivity index (χ1n) is 6.01. The molecule has 0 heterocycles. The molecule has 16 heavy (non-hydrogen) atoms. The van der Waals surface area contributed by atoms with Crippen molar-refractivity contribution in [3.63, 3.8) is 0 Å². The van der Waals surface area contributed by atoms with Gasteiger partial charge in [-0.2, -0.15) is 0 Å². The van der Waals surface area contributed by atoms with Crippen LogP contribution < -0.4 is 5.32 Å². The standard InChI is InChI=1S/C14H22BrN/c1-5-10(2)8-14(16-4)12-6-7-13(15)11(3)9-12/h6-7,9-10,14,16H,5,8H2,1-4H3. The number of aryl methyl sites for hydroxylation is 1. The number of halogens is 1. The van der Waals surface area contributed by atoms with Gasteiger partial charge in [0.15, 0.2) is 0 Å². The van der Waals surface area contributed by atoms with Gasteiger partial charge in [-0.25, -0.2) is 0 Å². The molecule has 0 aromatic heterocycles. The van der Waals surface area contributed by atoms with E-state index in [1.54, 1.807) is 0 Å². The number of hydrogen-bond acceptors (Lipinski definition) is 1. The second-order valence-corrected chi connectivity index (χ2v) is 5.45. The normalized spacial score (nSPS) is 14.8. The molecule has 0 radical (unpaired) electrons. The van der Waals surface area contributed by atoms with Gasteiger partial charge < -0.3 is 5.32 Å². The molecule has 1 rings (SSSR count). The van der Waals surface area contributed by atoms with E-state index in [0.29, 0.717) is 6.04 Å². The Bertz CT molecular complexity index is 336. The zero-order valence-corrected chi connectivity index (χ0v) is 12.3. The second kappa shape index (κ2) is 6.41. The van der Waals surface area contributed by atoms with Gasteiger partial charge in [-0.3, -0.25) is 0 Å². The summed E-state index contributed by atoms with van der Waals surface area (Å²) in [5, 5.41) is 3.41. The summed E-state index contributed by atoms with van der Waals surface area (Å²) >= 11 is 3.54. The van der Waals surface area contributed by atoms with Crippen molar-refractivity contribution in [1.82, 2.24) is 5.32 Å². The number of benzene rings is 1. The van der Waals surface area contributed by atoms with E-state index in [4.69, 9.17) is 0 Å². The van der Waals surface area contributed by atoms with Crippen LogP contribution >= 0.6 is 15.9 Å². The Morgan fingerprint density at radius 3 is 2.56 bits per heavy atom. The van der Waals surface area contributed by atoms with Gasteiger partial charge in [0.05, 0.1) is 0 Å². The first-order valence-corrected chi connectivity index (χ1v) is 6.81. The monoisotopic (exact) mass is 283 g/mol. The maximum Gasteiger partial charge on any atom is 0.0320 e. The lowest BCUT2D eigenvalue weighted by atomic mass is 9.93. The molecular formula is C14H22BrN. The minimum atomic E-state index is 0.474.